The number of hydrogen-bond donors (Lipinski definition) is 1. The number of nitrogens with zero attached hydrogens (tertiary/aromatic N) is 5. The Morgan fingerprint density at radius 2 is 1.66 bits per heavy atom. The number of aryl methyl sites for hydroxylation is 1. The van der Waals surface area contributed by atoms with Crippen molar-refractivity contribution in [1.82, 2.24) is 15.0 Å². The lowest BCUT2D eigenvalue weighted by molar-refractivity contribution is 0.627. The van der Waals surface area contributed by atoms with Crippen LogP contribution in [-0.2, 0) is 6.42 Å². The topological polar surface area (TPSA) is 57.2 Å². The molecule has 7 heteroatoms. The van der Waals surface area contributed by atoms with E-state index in [1.807, 2.05) is 37.4 Å². The van der Waals surface area contributed by atoms with Crippen LogP contribution < -0.4 is 15.1 Å². The van der Waals surface area contributed by atoms with E-state index in [-0.39, 0.29) is 5.82 Å². The number of halogens is 1. The average molecular weight is 392 g/mol. The molecule has 1 aromatic carbocycles. The van der Waals surface area contributed by atoms with Crippen molar-refractivity contribution in [2.75, 3.05) is 47.8 Å². The second kappa shape index (κ2) is 8.86. The number of aromatic nitrogens is 3. The average Bonchev–Trinajstić information content (AvgIpc) is 2.75. The molecule has 1 aliphatic heterocycles. The first-order chi connectivity index (χ1) is 14.2. The number of hydrogen-bond acceptors (Lipinski definition) is 6. The van der Waals surface area contributed by atoms with Crippen LogP contribution in [0.1, 0.15) is 11.3 Å². The van der Waals surface area contributed by atoms with E-state index in [4.69, 9.17) is 4.98 Å². The molecule has 3 aromatic rings. The van der Waals surface area contributed by atoms with E-state index in [0.717, 1.165) is 55.5 Å². The van der Waals surface area contributed by atoms with Gasteiger partial charge in [0.05, 0.1) is 0 Å². The van der Waals surface area contributed by atoms with Gasteiger partial charge in [-0.05, 0) is 43.2 Å². The lowest BCUT2D eigenvalue weighted by atomic mass is 10.1. The van der Waals surface area contributed by atoms with E-state index < -0.39 is 0 Å². The van der Waals surface area contributed by atoms with Crippen LogP contribution in [-0.4, -0.2) is 47.7 Å². The molecule has 0 radical (unpaired) electrons. The van der Waals surface area contributed by atoms with E-state index in [1.54, 1.807) is 12.1 Å². The zero-order chi connectivity index (χ0) is 20.1. The SMILES string of the molecule is Cc1cc(N2CCN(c3ccccn3)CC2)nc(NCCc2ccc(F)cc2)n1. The molecule has 0 amide bonds. The number of pyridine rings is 1. The molecule has 0 bridgehead atoms. The van der Waals surface area contributed by atoms with Crippen molar-refractivity contribution >= 4 is 17.6 Å². The first kappa shape index (κ1) is 19.1. The molecular formula is C22H25FN6. The maximum atomic E-state index is 13.0. The Bertz CT molecular complexity index is 924. The van der Waals surface area contributed by atoms with Gasteiger partial charge < -0.3 is 15.1 Å². The molecule has 2 aromatic heterocycles. The van der Waals surface area contributed by atoms with Gasteiger partial charge in [0.15, 0.2) is 0 Å². The lowest BCUT2D eigenvalue weighted by Gasteiger charge is -2.36. The van der Waals surface area contributed by atoms with Crippen LogP contribution in [0.4, 0.5) is 22.0 Å². The van der Waals surface area contributed by atoms with Gasteiger partial charge in [0, 0.05) is 50.7 Å². The first-order valence-electron chi connectivity index (χ1n) is 9.92. The van der Waals surface area contributed by atoms with Crippen molar-refractivity contribution in [3.63, 3.8) is 0 Å². The summed E-state index contributed by atoms with van der Waals surface area (Å²) in [6.07, 6.45) is 2.62. The van der Waals surface area contributed by atoms with Gasteiger partial charge in [-0.1, -0.05) is 18.2 Å². The Hall–Kier alpha value is -3.22. The second-order valence-corrected chi connectivity index (χ2v) is 7.16. The molecular weight excluding hydrogens is 367 g/mol. The van der Waals surface area contributed by atoms with Crippen LogP contribution in [0.5, 0.6) is 0 Å². The Labute approximate surface area is 170 Å². The van der Waals surface area contributed by atoms with E-state index in [0.29, 0.717) is 12.5 Å². The second-order valence-electron chi connectivity index (χ2n) is 7.16. The third-order valence-electron chi connectivity index (χ3n) is 5.03. The standard InChI is InChI=1S/C22H25FN6/c1-17-16-21(29-14-12-28(13-15-29)20-4-2-3-10-24-20)27-22(26-17)25-11-9-18-5-7-19(23)8-6-18/h2-8,10,16H,9,11-15H2,1H3,(H,25,26,27). The van der Waals surface area contributed by atoms with E-state index in [1.165, 1.54) is 12.1 Å². The van der Waals surface area contributed by atoms with Crippen LogP contribution in [0.25, 0.3) is 0 Å². The highest BCUT2D eigenvalue weighted by atomic mass is 19.1. The minimum absolute atomic E-state index is 0.212. The molecule has 1 saturated heterocycles. The number of piperazine rings is 1. The molecule has 0 spiro atoms. The highest BCUT2D eigenvalue weighted by Crippen LogP contribution is 2.19. The van der Waals surface area contributed by atoms with Gasteiger partial charge in [0.25, 0.3) is 0 Å². The third kappa shape index (κ3) is 4.99. The minimum atomic E-state index is -0.212. The molecule has 4 rings (SSSR count). The smallest absolute Gasteiger partial charge is 0.224 e. The molecule has 150 valence electrons. The molecule has 3 heterocycles. The van der Waals surface area contributed by atoms with Crippen LogP contribution in [0.3, 0.4) is 0 Å². The molecule has 0 atom stereocenters. The highest BCUT2D eigenvalue weighted by molar-refractivity contribution is 5.48. The predicted molar refractivity (Wildman–Crippen MR) is 114 cm³/mol. The van der Waals surface area contributed by atoms with E-state index in [9.17, 15) is 4.39 Å². The van der Waals surface area contributed by atoms with Gasteiger partial charge >= 0.3 is 0 Å². The van der Waals surface area contributed by atoms with E-state index in [2.05, 4.69) is 25.1 Å². The molecule has 0 unspecified atom stereocenters. The zero-order valence-electron chi connectivity index (χ0n) is 16.6. The number of anilines is 3. The monoisotopic (exact) mass is 392 g/mol. The Morgan fingerprint density at radius 3 is 2.34 bits per heavy atom. The van der Waals surface area contributed by atoms with Gasteiger partial charge in [-0.15, -0.1) is 0 Å². The van der Waals surface area contributed by atoms with Gasteiger partial charge in [0.1, 0.15) is 17.5 Å². The van der Waals surface area contributed by atoms with Crippen molar-refractivity contribution < 1.29 is 4.39 Å². The zero-order valence-corrected chi connectivity index (χ0v) is 16.6. The summed E-state index contributed by atoms with van der Waals surface area (Å²) in [5, 5.41) is 3.30. The minimum Gasteiger partial charge on any atom is -0.354 e. The van der Waals surface area contributed by atoms with Gasteiger partial charge in [-0.25, -0.2) is 14.4 Å². The molecule has 6 nitrogen and oxygen atoms in total. The van der Waals surface area contributed by atoms with Crippen molar-refractivity contribution in [2.45, 2.75) is 13.3 Å². The molecule has 1 fully saturated rings. The summed E-state index contributed by atoms with van der Waals surface area (Å²) in [5.74, 6) is 2.39. The highest BCUT2D eigenvalue weighted by Gasteiger charge is 2.19. The summed E-state index contributed by atoms with van der Waals surface area (Å²) in [6.45, 7) is 6.29. The number of benzene rings is 1. The van der Waals surface area contributed by atoms with Crippen molar-refractivity contribution in [3.05, 3.63) is 71.8 Å². The normalized spacial score (nSPS) is 14.1. The lowest BCUT2D eigenvalue weighted by Crippen LogP contribution is -2.47. The summed E-state index contributed by atoms with van der Waals surface area (Å²) in [7, 11) is 0. The summed E-state index contributed by atoms with van der Waals surface area (Å²) in [6, 6.07) is 14.6. The molecule has 1 aliphatic rings. The Kier molecular flexibility index (Phi) is 5.84. The van der Waals surface area contributed by atoms with Crippen LogP contribution in [0.2, 0.25) is 0 Å². The first-order valence-corrected chi connectivity index (χ1v) is 9.92. The maximum Gasteiger partial charge on any atom is 0.224 e. The number of rotatable bonds is 6. The fourth-order valence-corrected chi connectivity index (χ4v) is 3.47. The van der Waals surface area contributed by atoms with Crippen LogP contribution in [0, 0.1) is 12.7 Å². The molecule has 29 heavy (non-hydrogen) atoms. The summed E-state index contributed by atoms with van der Waals surface area (Å²) < 4.78 is 13.0. The molecule has 0 aliphatic carbocycles. The van der Waals surface area contributed by atoms with Gasteiger partial charge in [0.2, 0.25) is 5.95 Å². The van der Waals surface area contributed by atoms with Crippen LogP contribution in [0.15, 0.2) is 54.7 Å². The summed E-state index contributed by atoms with van der Waals surface area (Å²) in [5.41, 5.74) is 2.02. The quantitative estimate of drug-likeness (QED) is 0.695. The summed E-state index contributed by atoms with van der Waals surface area (Å²) >= 11 is 0. The number of nitrogens with one attached hydrogen (secondary N) is 1. The largest absolute Gasteiger partial charge is 0.354 e. The van der Waals surface area contributed by atoms with Crippen molar-refractivity contribution in [2.24, 2.45) is 0 Å². The summed E-state index contributed by atoms with van der Waals surface area (Å²) in [4.78, 5) is 18.2. The Balaban J connectivity index is 1.35. The fourth-order valence-electron chi connectivity index (χ4n) is 3.47. The predicted octanol–water partition coefficient (Wildman–Crippen LogP) is 3.30. The molecule has 1 N–H and O–H groups in total. The maximum absolute atomic E-state index is 13.0. The van der Waals surface area contributed by atoms with Gasteiger partial charge in [-0.2, -0.15) is 4.98 Å². The van der Waals surface area contributed by atoms with Crippen LogP contribution >= 0.6 is 0 Å². The van der Waals surface area contributed by atoms with E-state index >= 15 is 0 Å². The van der Waals surface area contributed by atoms with Gasteiger partial charge in [-0.3, -0.25) is 0 Å². The van der Waals surface area contributed by atoms with Crippen molar-refractivity contribution in [1.29, 1.82) is 0 Å². The molecule has 0 saturated carbocycles. The van der Waals surface area contributed by atoms with Crippen molar-refractivity contribution in [3.8, 4) is 0 Å². The third-order valence-corrected chi connectivity index (χ3v) is 5.03. The Morgan fingerprint density at radius 1 is 0.931 bits per heavy atom. The fraction of sp³-hybridized carbons (Fsp3) is 0.318.